The van der Waals surface area contributed by atoms with Crippen molar-refractivity contribution in [3.63, 3.8) is 0 Å². The first-order valence-corrected chi connectivity index (χ1v) is 3.52. The zero-order valence-electron chi connectivity index (χ0n) is 6.49. The van der Waals surface area contributed by atoms with Gasteiger partial charge in [-0.25, -0.2) is 5.90 Å². The fraction of sp³-hybridized carbons (Fsp3) is 1.00. The fourth-order valence-corrected chi connectivity index (χ4v) is 1.27. The summed E-state index contributed by atoms with van der Waals surface area (Å²) >= 11 is 0. The molecule has 5 nitrogen and oxygen atoms in total. The second-order valence-corrected chi connectivity index (χ2v) is 2.99. The maximum absolute atomic E-state index is 8.93. The average Bonchev–Trinajstić information content (AvgIpc) is 2.27. The van der Waals surface area contributed by atoms with Crippen LogP contribution in [0.3, 0.4) is 0 Å². The van der Waals surface area contributed by atoms with E-state index in [1.165, 1.54) is 0 Å². The van der Waals surface area contributed by atoms with Crippen molar-refractivity contribution < 1.29 is 14.7 Å². The average molecular weight is 162 g/mol. The zero-order valence-corrected chi connectivity index (χ0v) is 6.49. The monoisotopic (exact) mass is 162 g/mol. The Balaban J connectivity index is 2.63. The largest absolute Gasteiger partial charge is 0.393 e. The third-order valence-electron chi connectivity index (χ3n) is 2.03. The van der Waals surface area contributed by atoms with Crippen LogP contribution in [0.1, 0.15) is 13.3 Å². The zero-order chi connectivity index (χ0) is 8.48. The minimum atomic E-state index is -0.742. The van der Waals surface area contributed by atoms with Crippen molar-refractivity contribution in [2.75, 3.05) is 6.61 Å². The molecular formula is C6H14N2O3. The van der Waals surface area contributed by atoms with Crippen molar-refractivity contribution in [1.29, 1.82) is 0 Å². The number of rotatable bonds is 2. The van der Waals surface area contributed by atoms with E-state index in [0.717, 1.165) is 0 Å². The van der Waals surface area contributed by atoms with Crippen molar-refractivity contribution in [1.82, 2.24) is 0 Å². The molecule has 1 saturated heterocycles. The molecule has 2 unspecified atom stereocenters. The van der Waals surface area contributed by atoms with Crippen LogP contribution in [0.15, 0.2) is 0 Å². The lowest BCUT2D eigenvalue weighted by Gasteiger charge is -2.25. The highest BCUT2D eigenvalue weighted by atomic mass is 16.7. The summed E-state index contributed by atoms with van der Waals surface area (Å²) < 4.78 is 5.22. The molecular weight excluding hydrogens is 148 g/mol. The Morgan fingerprint density at radius 3 is 2.82 bits per heavy atom. The number of ether oxygens (including phenoxy) is 1. The van der Waals surface area contributed by atoms with Crippen LogP contribution in [0.25, 0.3) is 0 Å². The number of hydrogen-bond acceptors (Lipinski definition) is 5. The Morgan fingerprint density at radius 1 is 1.82 bits per heavy atom. The summed E-state index contributed by atoms with van der Waals surface area (Å²) in [5.41, 5.74) is 4.74. The smallest absolute Gasteiger partial charge is 0.119 e. The molecule has 1 aliphatic rings. The summed E-state index contributed by atoms with van der Waals surface area (Å²) in [6, 6.07) is 0. The third-order valence-corrected chi connectivity index (χ3v) is 2.03. The van der Waals surface area contributed by atoms with Gasteiger partial charge in [0, 0.05) is 6.42 Å². The second-order valence-electron chi connectivity index (χ2n) is 2.99. The van der Waals surface area contributed by atoms with Crippen LogP contribution in [0.5, 0.6) is 0 Å². The van der Waals surface area contributed by atoms with Gasteiger partial charge in [0.05, 0.1) is 6.61 Å². The molecule has 0 aliphatic carbocycles. The minimum Gasteiger partial charge on any atom is -0.393 e. The van der Waals surface area contributed by atoms with Gasteiger partial charge in [0.1, 0.15) is 17.9 Å². The fourth-order valence-electron chi connectivity index (χ4n) is 1.27. The Labute approximate surface area is 65.2 Å². The number of aliphatic hydroxyl groups excluding tert-OH is 1. The maximum atomic E-state index is 8.93. The SMILES string of the molecule is CC1(CO)O[C@@H](N)CC1ON. The summed E-state index contributed by atoms with van der Waals surface area (Å²) in [6.45, 7) is 1.58. The number of aliphatic hydroxyl groups is 1. The minimum absolute atomic E-state index is 0.136. The molecule has 1 heterocycles. The van der Waals surface area contributed by atoms with E-state index < -0.39 is 5.60 Å². The van der Waals surface area contributed by atoms with Gasteiger partial charge in [-0.05, 0) is 6.92 Å². The van der Waals surface area contributed by atoms with Crippen LogP contribution in [0.4, 0.5) is 0 Å². The Kier molecular flexibility index (Phi) is 2.46. The van der Waals surface area contributed by atoms with Gasteiger partial charge >= 0.3 is 0 Å². The van der Waals surface area contributed by atoms with Gasteiger partial charge in [-0.15, -0.1) is 0 Å². The van der Waals surface area contributed by atoms with E-state index in [1.807, 2.05) is 0 Å². The van der Waals surface area contributed by atoms with Crippen molar-refractivity contribution in [3.8, 4) is 0 Å². The summed E-state index contributed by atoms with van der Waals surface area (Å²) in [5.74, 6) is 5.00. The highest BCUT2D eigenvalue weighted by Gasteiger charge is 2.44. The van der Waals surface area contributed by atoms with Crippen molar-refractivity contribution >= 4 is 0 Å². The maximum Gasteiger partial charge on any atom is 0.119 e. The quantitative estimate of drug-likeness (QED) is 0.439. The lowest BCUT2D eigenvalue weighted by atomic mass is 10.0. The van der Waals surface area contributed by atoms with Gasteiger partial charge in [-0.1, -0.05) is 0 Å². The molecule has 1 fully saturated rings. The predicted molar refractivity (Wildman–Crippen MR) is 38.2 cm³/mol. The van der Waals surface area contributed by atoms with E-state index in [-0.39, 0.29) is 18.9 Å². The molecule has 5 N–H and O–H groups in total. The van der Waals surface area contributed by atoms with Crippen LogP contribution in [0, 0.1) is 0 Å². The highest BCUT2D eigenvalue weighted by molar-refractivity contribution is 4.91. The molecule has 3 atom stereocenters. The number of nitrogens with two attached hydrogens (primary N) is 2. The second kappa shape index (κ2) is 3.04. The van der Waals surface area contributed by atoms with E-state index in [4.69, 9.17) is 21.5 Å². The van der Waals surface area contributed by atoms with E-state index in [0.29, 0.717) is 6.42 Å². The molecule has 1 rings (SSSR count). The van der Waals surface area contributed by atoms with E-state index >= 15 is 0 Å². The van der Waals surface area contributed by atoms with E-state index in [2.05, 4.69) is 4.84 Å². The van der Waals surface area contributed by atoms with Crippen LogP contribution in [-0.4, -0.2) is 29.6 Å². The standard InChI is InChI=1S/C6H14N2O3/c1-6(3-9)4(11-8)2-5(7)10-6/h4-5,9H,2-3,7-8H2,1H3/t4?,5-,6?/m1/s1. The van der Waals surface area contributed by atoms with Crippen LogP contribution in [0.2, 0.25) is 0 Å². The van der Waals surface area contributed by atoms with Gasteiger partial charge in [0.2, 0.25) is 0 Å². The van der Waals surface area contributed by atoms with Crippen molar-refractivity contribution in [3.05, 3.63) is 0 Å². The number of hydrogen-bond donors (Lipinski definition) is 3. The van der Waals surface area contributed by atoms with E-state index in [9.17, 15) is 0 Å². The molecule has 5 heteroatoms. The molecule has 0 aromatic carbocycles. The highest BCUT2D eigenvalue weighted by Crippen LogP contribution is 2.29. The Morgan fingerprint density at radius 2 is 2.45 bits per heavy atom. The summed E-state index contributed by atoms with van der Waals surface area (Å²) in [5, 5.41) is 8.93. The molecule has 0 aromatic rings. The van der Waals surface area contributed by atoms with E-state index in [1.54, 1.807) is 6.92 Å². The van der Waals surface area contributed by atoms with Crippen LogP contribution < -0.4 is 11.6 Å². The van der Waals surface area contributed by atoms with Gasteiger partial charge in [-0.3, -0.25) is 4.84 Å². The van der Waals surface area contributed by atoms with Gasteiger partial charge in [-0.2, -0.15) is 0 Å². The summed E-state index contributed by atoms with van der Waals surface area (Å²) in [6.07, 6.45) is -0.184. The topological polar surface area (TPSA) is 90.7 Å². The summed E-state index contributed by atoms with van der Waals surface area (Å²) in [7, 11) is 0. The first kappa shape index (κ1) is 8.89. The molecule has 0 radical (unpaired) electrons. The Bertz CT molecular complexity index is 144. The summed E-state index contributed by atoms with van der Waals surface area (Å²) in [4.78, 5) is 4.62. The molecule has 0 saturated carbocycles. The van der Waals surface area contributed by atoms with Crippen LogP contribution in [-0.2, 0) is 9.57 Å². The lowest BCUT2D eigenvalue weighted by molar-refractivity contribution is -0.116. The molecule has 1 aliphatic heterocycles. The normalized spacial score (nSPS) is 44.7. The molecule has 66 valence electrons. The van der Waals surface area contributed by atoms with Crippen molar-refractivity contribution in [2.24, 2.45) is 11.6 Å². The first-order chi connectivity index (χ1) is 5.12. The molecule has 0 bridgehead atoms. The molecule has 0 aromatic heterocycles. The van der Waals surface area contributed by atoms with Crippen molar-refractivity contribution in [2.45, 2.75) is 31.3 Å². The molecule has 11 heavy (non-hydrogen) atoms. The molecule has 0 amide bonds. The van der Waals surface area contributed by atoms with Gasteiger partial charge in [0.25, 0.3) is 0 Å². The third kappa shape index (κ3) is 1.52. The predicted octanol–water partition coefficient (Wildman–Crippen LogP) is -1.30. The lowest BCUT2D eigenvalue weighted by Crippen LogP contribution is -2.42. The first-order valence-electron chi connectivity index (χ1n) is 3.52. The molecule has 0 spiro atoms. The van der Waals surface area contributed by atoms with Crippen LogP contribution >= 0.6 is 0 Å². The van der Waals surface area contributed by atoms with Gasteiger partial charge in [0.15, 0.2) is 0 Å². The Hall–Kier alpha value is -0.200. The van der Waals surface area contributed by atoms with Gasteiger partial charge < -0.3 is 15.6 Å².